The van der Waals surface area contributed by atoms with E-state index >= 15 is 0 Å². The van der Waals surface area contributed by atoms with E-state index in [-0.39, 0.29) is 17.6 Å². The largest absolute Gasteiger partial charge is 0.481 e. The van der Waals surface area contributed by atoms with Crippen LogP contribution in [0.15, 0.2) is 36.7 Å². The highest BCUT2D eigenvalue weighted by Crippen LogP contribution is 2.30. The quantitative estimate of drug-likeness (QED) is 0.679. The van der Waals surface area contributed by atoms with Crippen molar-refractivity contribution in [3.8, 4) is 5.75 Å². The van der Waals surface area contributed by atoms with Crippen LogP contribution < -0.4 is 10.5 Å². The number of amides is 1. The molecule has 2 aromatic heterocycles. The summed E-state index contributed by atoms with van der Waals surface area (Å²) >= 11 is 0. The second-order valence-corrected chi connectivity index (χ2v) is 7.11. The third-order valence-electron chi connectivity index (χ3n) is 5.10. The lowest BCUT2D eigenvalue weighted by Crippen LogP contribution is -2.39. The van der Waals surface area contributed by atoms with E-state index in [9.17, 15) is 9.18 Å². The normalized spacial score (nSPS) is 17.6. The molecule has 1 aliphatic rings. The summed E-state index contributed by atoms with van der Waals surface area (Å²) in [6.07, 6.45) is 3.42. The summed E-state index contributed by atoms with van der Waals surface area (Å²) in [5, 5.41) is 4.68. The topological polar surface area (TPSA) is 99.2 Å². The van der Waals surface area contributed by atoms with E-state index in [1.165, 1.54) is 24.3 Å². The highest BCUT2D eigenvalue weighted by atomic mass is 19.1. The molecule has 1 aromatic carbocycles. The number of ether oxygens (including phenoxy) is 1. The third-order valence-corrected chi connectivity index (χ3v) is 5.10. The Kier molecular flexibility index (Phi) is 5.39. The number of carbonyl (C=O) groups excluding carboxylic acids is 1. The molecule has 8 nitrogen and oxygen atoms in total. The molecule has 9 heteroatoms. The van der Waals surface area contributed by atoms with Crippen LogP contribution in [0.1, 0.15) is 25.0 Å². The molecule has 0 radical (unpaired) electrons. The van der Waals surface area contributed by atoms with Gasteiger partial charge < -0.3 is 15.4 Å². The third kappa shape index (κ3) is 3.91. The first-order valence-electron chi connectivity index (χ1n) is 9.65. The molecule has 1 aliphatic heterocycles. The number of nitrogens with zero attached hydrogens (tertiary/aromatic N) is 5. The Hall–Kier alpha value is -3.07. The highest BCUT2D eigenvalue weighted by Gasteiger charge is 2.33. The van der Waals surface area contributed by atoms with E-state index < -0.39 is 6.10 Å². The van der Waals surface area contributed by atoms with Gasteiger partial charge in [0.05, 0.1) is 12.2 Å². The van der Waals surface area contributed by atoms with Gasteiger partial charge in [0.15, 0.2) is 11.8 Å². The molecule has 29 heavy (non-hydrogen) atoms. The Morgan fingerprint density at radius 1 is 1.31 bits per heavy atom. The molecule has 0 saturated carbocycles. The number of benzene rings is 1. The number of likely N-dealkylation sites (tertiary alicyclic amines) is 1. The Labute approximate surface area is 167 Å². The maximum atomic E-state index is 13.0. The SMILES string of the molecule is C[C@H](Oc1ccc(F)cc1)C(=O)N1CC[C@@H](c2nn(CCN)c3nccnc23)C1. The predicted octanol–water partition coefficient (Wildman–Crippen LogP) is 1.71. The molecular weight excluding hydrogens is 375 g/mol. The number of rotatable bonds is 6. The molecule has 0 unspecified atom stereocenters. The minimum absolute atomic E-state index is 0.0789. The van der Waals surface area contributed by atoms with Crippen molar-refractivity contribution in [2.75, 3.05) is 19.6 Å². The van der Waals surface area contributed by atoms with Crippen LogP contribution in [0.3, 0.4) is 0 Å². The van der Waals surface area contributed by atoms with Crippen molar-refractivity contribution in [3.05, 3.63) is 48.2 Å². The first-order valence-corrected chi connectivity index (χ1v) is 9.65. The maximum Gasteiger partial charge on any atom is 0.263 e. The van der Waals surface area contributed by atoms with Crippen molar-refractivity contribution in [3.63, 3.8) is 0 Å². The fourth-order valence-corrected chi connectivity index (χ4v) is 3.69. The van der Waals surface area contributed by atoms with Crippen LogP contribution >= 0.6 is 0 Å². The zero-order chi connectivity index (χ0) is 20.4. The molecule has 0 aliphatic carbocycles. The summed E-state index contributed by atoms with van der Waals surface area (Å²) in [5.74, 6) is 0.0942. The van der Waals surface area contributed by atoms with Gasteiger partial charge in [-0.3, -0.25) is 4.79 Å². The van der Waals surface area contributed by atoms with Gasteiger partial charge in [-0.25, -0.2) is 19.0 Å². The van der Waals surface area contributed by atoms with Gasteiger partial charge in [-0.05, 0) is 37.6 Å². The van der Waals surface area contributed by atoms with Crippen molar-refractivity contribution >= 4 is 17.1 Å². The molecule has 0 bridgehead atoms. The Bertz CT molecular complexity index is 1010. The fraction of sp³-hybridized carbons (Fsp3) is 0.400. The Morgan fingerprint density at radius 3 is 2.83 bits per heavy atom. The van der Waals surface area contributed by atoms with Crippen molar-refractivity contribution in [2.45, 2.75) is 31.9 Å². The van der Waals surface area contributed by atoms with Crippen molar-refractivity contribution in [1.29, 1.82) is 0 Å². The summed E-state index contributed by atoms with van der Waals surface area (Å²) in [4.78, 5) is 23.4. The summed E-state index contributed by atoms with van der Waals surface area (Å²) in [7, 11) is 0. The molecule has 1 fully saturated rings. The van der Waals surface area contributed by atoms with Gasteiger partial charge in [0.2, 0.25) is 0 Å². The maximum absolute atomic E-state index is 13.0. The van der Waals surface area contributed by atoms with Crippen LogP contribution in [0.5, 0.6) is 5.75 Å². The molecular formula is C20H23FN6O2. The Morgan fingerprint density at radius 2 is 2.07 bits per heavy atom. The van der Waals surface area contributed by atoms with Gasteiger partial charge in [-0.2, -0.15) is 5.10 Å². The van der Waals surface area contributed by atoms with Gasteiger partial charge in [0.1, 0.15) is 17.1 Å². The number of hydrogen-bond acceptors (Lipinski definition) is 6. The number of fused-ring (bicyclic) bond motifs is 1. The highest BCUT2D eigenvalue weighted by molar-refractivity contribution is 5.81. The lowest BCUT2D eigenvalue weighted by molar-refractivity contribution is -0.136. The molecule has 2 atom stereocenters. The van der Waals surface area contributed by atoms with Gasteiger partial charge in [0, 0.05) is 37.9 Å². The number of halogens is 1. The molecule has 0 spiro atoms. The number of aromatic nitrogens is 4. The molecule has 4 rings (SSSR count). The monoisotopic (exact) mass is 398 g/mol. The fourth-order valence-electron chi connectivity index (χ4n) is 3.69. The average molecular weight is 398 g/mol. The first-order chi connectivity index (χ1) is 14.1. The van der Waals surface area contributed by atoms with Crippen molar-refractivity contribution < 1.29 is 13.9 Å². The van der Waals surface area contributed by atoms with Crippen molar-refractivity contribution in [2.24, 2.45) is 5.73 Å². The summed E-state index contributed by atoms with van der Waals surface area (Å²) in [6, 6.07) is 5.64. The number of hydrogen-bond donors (Lipinski definition) is 1. The van der Waals surface area contributed by atoms with E-state index in [2.05, 4.69) is 15.1 Å². The summed E-state index contributed by atoms with van der Waals surface area (Å²) < 4.78 is 20.5. The van der Waals surface area contributed by atoms with Crippen LogP contribution in [0, 0.1) is 5.82 Å². The first kappa shape index (κ1) is 19.3. The number of carbonyl (C=O) groups is 1. The molecule has 152 valence electrons. The molecule has 1 saturated heterocycles. The minimum Gasteiger partial charge on any atom is -0.481 e. The van der Waals surface area contributed by atoms with Gasteiger partial charge in [-0.1, -0.05) is 0 Å². The lowest BCUT2D eigenvalue weighted by atomic mass is 10.0. The average Bonchev–Trinajstić information content (AvgIpc) is 3.35. The second-order valence-electron chi connectivity index (χ2n) is 7.11. The van der Waals surface area contributed by atoms with E-state index in [0.29, 0.717) is 37.6 Å². The lowest BCUT2D eigenvalue weighted by Gasteiger charge is -2.21. The van der Waals surface area contributed by atoms with Crippen LogP contribution in [0.2, 0.25) is 0 Å². The Balaban J connectivity index is 1.47. The summed E-state index contributed by atoms with van der Waals surface area (Å²) in [6.45, 7) is 3.89. The molecule has 1 amide bonds. The van der Waals surface area contributed by atoms with Crippen LogP contribution in [0.4, 0.5) is 4.39 Å². The standard InChI is InChI=1S/C20H23FN6O2/c1-13(29-16-4-2-15(21)3-5-16)20(28)26-10-6-14(12-26)17-18-19(24-9-8-23-18)27(25-17)11-7-22/h2-5,8-9,13-14H,6-7,10-12,22H2,1H3/t13-,14+/m0/s1. The van der Waals surface area contributed by atoms with Crippen LogP contribution in [0.25, 0.3) is 11.2 Å². The second kappa shape index (κ2) is 8.12. The zero-order valence-corrected chi connectivity index (χ0v) is 16.2. The zero-order valence-electron chi connectivity index (χ0n) is 16.2. The van der Waals surface area contributed by atoms with Crippen LogP contribution in [-0.4, -0.2) is 56.3 Å². The smallest absolute Gasteiger partial charge is 0.263 e. The molecule has 3 heterocycles. The van der Waals surface area contributed by atoms with Gasteiger partial charge in [-0.15, -0.1) is 0 Å². The van der Waals surface area contributed by atoms with E-state index in [1.807, 2.05) is 0 Å². The van der Waals surface area contributed by atoms with E-state index in [1.54, 1.807) is 28.9 Å². The predicted molar refractivity (Wildman–Crippen MR) is 105 cm³/mol. The van der Waals surface area contributed by atoms with E-state index in [0.717, 1.165) is 17.6 Å². The molecule has 2 N–H and O–H groups in total. The van der Waals surface area contributed by atoms with Crippen molar-refractivity contribution in [1.82, 2.24) is 24.6 Å². The van der Waals surface area contributed by atoms with Gasteiger partial charge >= 0.3 is 0 Å². The van der Waals surface area contributed by atoms with Crippen LogP contribution in [-0.2, 0) is 11.3 Å². The minimum atomic E-state index is -0.662. The number of nitrogens with two attached hydrogens (primary N) is 1. The summed E-state index contributed by atoms with van der Waals surface area (Å²) in [5.41, 5.74) is 8.01. The van der Waals surface area contributed by atoms with Gasteiger partial charge in [0.25, 0.3) is 5.91 Å². The van der Waals surface area contributed by atoms with E-state index in [4.69, 9.17) is 10.5 Å². The molecule has 3 aromatic rings.